The third-order valence-electron chi connectivity index (χ3n) is 6.37. The zero-order valence-electron chi connectivity index (χ0n) is 17.6. The average Bonchev–Trinajstić information content (AvgIpc) is 3.15. The first-order valence-corrected chi connectivity index (χ1v) is 10.8. The number of para-hydroxylation sites is 1. The van der Waals surface area contributed by atoms with Crippen molar-refractivity contribution in [2.45, 2.75) is 38.0 Å². The lowest BCUT2D eigenvalue weighted by molar-refractivity contribution is -0.384. The van der Waals surface area contributed by atoms with Crippen LogP contribution in [0.5, 0.6) is 0 Å². The molecular weight excluding hydrogens is 392 g/mol. The van der Waals surface area contributed by atoms with Gasteiger partial charge in [0.15, 0.2) is 0 Å². The first-order valence-electron chi connectivity index (χ1n) is 10.8. The van der Waals surface area contributed by atoms with Gasteiger partial charge in [0.05, 0.1) is 22.3 Å². The maximum atomic E-state index is 11.6. The van der Waals surface area contributed by atoms with E-state index < -0.39 is 0 Å². The normalized spacial score (nSPS) is 19.5. The molecule has 2 aliphatic rings. The zero-order valence-corrected chi connectivity index (χ0v) is 17.6. The van der Waals surface area contributed by atoms with Crippen molar-refractivity contribution in [3.8, 4) is 11.3 Å². The molecule has 0 amide bonds. The predicted octanol–water partition coefficient (Wildman–Crippen LogP) is 4.21. The van der Waals surface area contributed by atoms with Crippen molar-refractivity contribution in [3.05, 3.63) is 81.8 Å². The first kappa shape index (κ1) is 19.9. The highest BCUT2D eigenvalue weighted by atomic mass is 16.6. The maximum absolute atomic E-state index is 11.6. The molecule has 0 aliphatic carbocycles. The lowest BCUT2D eigenvalue weighted by atomic mass is 10.00. The molecule has 2 aromatic carbocycles. The van der Waals surface area contributed by atoms with Gasteiger partial charge in [-0.15, -0.1) is 0 Å². The molecule has 160 valence electrons. The van der Waals surface area contributed by atoms with E-state index in [0.29, 0.717) is 11.3 Å². The van der Waals surface area contributed by atoms with Crippen LogP contribution in [0.4, 0.5) is 5.69 Å². The summed E-state index contributed by atoms with van der Waals surface area (Å²) in [7, 11) is 2.14. The third-order valence-corrected chi connectivity index (χ3v) is 6.37. The molecule has 2 aliphatic heterocycles. The second kappa shape index (κ2) is 8.24. The first-order chi connectivity index (χ1) is 15.1. The molecule has 0 spiro atoms. The molecule has 5 rings (SSSR count). The average molecular weight is 418 g/mol. The van der Waals surface area contributed by atoms with Crippen LogP contribution < -0.4 is 0 Å². The summed E-state index contributed by atoms with van der Waals surface area (Å²) in [6, 6.07) is 15.2. The van der Waals surface area contributed by atoms with Crippen molar-refractivity contribution in [3.63, 3.8) is 0 Å². The molecule has 0 N–H and O–H groups in total. The van der Waals surface area contributed by atoms with Gasteiger partial charge in [0, 0.05) is 31.9 Å². The number of likely N-dealkylation sites (tertiary alicyclic amines) is 1. The van der Waals surface area contributed by atoms with Crippen LogP contribution in [0.3, 0.4) is 0 Å². The van der Waals surface area contributed by atoms with Gasteiger partial charge in [-0.2, -0.15) is 0 Å². The largest absolute Gasteiger partial charge is 0.362 e. The number of imidazole rings is 1. The number of nitro groups is 1. The van der Waals surface area contributed by atoms with E-state index in [1.165, 1.54) is 11.6 Å². The van der Waals surface area contributed by atoms with Gasteiger partial charge in [0.25, 0.3) is 5.69 Å². The fourth-order valence-electron chi connectivity index (χ4n) is 4.64. The summed E-state index contributed by atoms with van der Waals surface area (Å²) in [5.41, 5.74) is 3.67. The van der Waals surface area contributed by atoms with Crippen LogP contribution in [0.2, 0.25) is 0 Å². The molecule has 7 nitrogen and oxygen atoms in total. The van der Waals surface area contributed by atoms with Crippen LogP contribution in [0, 0.1) is 10.1 Å². The summed E-state index contributed by atoms with van der Waals surface area (Å²) in [5, 5.41) is 11.6. The molecule has 1 unspecified atom stereocenters. The van der Waals surface area contributed by atoms with Crippen LogP contribution in [0.1, 0.15) is 35.9 Å². The molecule has 0 saturated carbocycles. The molecule has 0 bridgehead atoms. The molecule has 1 atom stereocenters. The fourth-order valence-corrected chi connectivity index (χ4v) is 4.64. The number of fused-ring (bicyclic) bond motifs is 2. The van der Waals surface area contributed by atoms with Crippen molar-refractivity contribution in [1.82, 2.24) is 14.5 Å². The Morgan fingerprint density at radius 1 is 1.06 bits per heavy atom. The zero-order chi connectivity index (χ0) is 21.4. The van der Waals surface area contributed by atoms with Gasteiger partial charge in [0.1, 0.15) is 11.9 Å². The number of rotatable bonds is 4. The Morgan fingerprint density at radius 2 is 1.81 bits per heavy atom. The lowest BCUT2D eigenvalue weighted by Gasteiger charge is -2.32. The van der Waals surface area contributed by atoms with E-state index in [9.17, 15) is 10.1 Å². The standard InChI is InChI=1S/C24H26N4O3/c1-26-13-11-18(12-14-26)31-23-19-7-3-2-6-17(19)10-15-27-16-21(25-24(23)27)20-8-4-5-9-22(20)28(29)30/h2-9,16,18,23H,10-15H2,1H3. The molecular formula is C24H26N4O3. The number of hydrogen-bond donors (Lipinski definition) is 0. The molecule has 1 fully saturated rings. The minimum atomic E-state index is -0.346. The van der Waals surface area contributed by atoms with Gasteiger partial charge in [-0.25, -0.2) is 4.98 Å². The summed E-state index contributed by atoms with van der Waals surface area (Å²) in [6.07, 6.45) is 4.70. The van der Waals surface area contributed by atoms with Crippen molar-refractivity contribution in [2.75, 3.05) is 20.1 Å². The molecule has 1 aromatic heterocycles. The van der Waals surface area contributed by atoms with Crippen LogP contribution in [-0.2, 0) is 17.7 Å². The van der Waals surface area contributed by atoms with E-state index in [0.717, 1.165) is 50.3 Å². The van der Waals surface area contributed by atoms with Gasteiger partial charge in [-0.3, -0.25) is 10.1 Å². The number of aryl methyl sites for hydroxylation is 2. The van der Waals surface area contributed by atoms with E-state index in [1.807, 2.05) is 18.3 Å². The highest BCUT2D eigenvalue weighted by Crippen LogP contribution is 2.37. The minimum Gasteiger partial charge on any atom is -0.362 e. The minimum absolute atomic E-state index is 0.0731. The Labute approximate surface area is 181 Å². The van der Waals surface area contributed by atoms with Crippen molar-refractivity contribution >= 4 is 5.69 Å². The van der Waals surface area contributed by atoms with Crippen LogP contribution in [0.15, 0.2) is 54.7 Å². The number of nitrogens with zero attached hydrogens (tertiary/aromatic N) is 4. The summed E-state index contributed by atoms with van der Waals surface area (Å²) in [5.74, 6) is 0.831. The number of hydrogen-bond acceptors (Lipinski definition) is 5. The SMILES string of the molecule is CN1CCC(OC2c3ccccc3CCn3cc(-c4ccccc4[N+](=O)[O-])nc32)CC1. The number of benzene rings is 2. The van der Waals surface area contributed by atoms with Gasteiger partial charge in [-0.05, 0) is 43.5 Å². The van der Waals surface area contributed by atoms with Gasteiger partial charge in [0.2, 0.25) is 0 Å². The quantitative estimate of drug-likeness (QED) is 0.469. The summed E-state index contributed by atoms with van der Waals surface area (Å²) < 4.78 is 8.81. The van der Waals surface area contributed by atoms with Crippen molar-refractivity contribution < 1.29 is 9.66 Å². The summed E-state index contributed by atoms with van der Waals surface area (Å²) in [4.78, 5) is 18.4. The van der Waals surface area contributed by atoms with E-state index in [-0.39, 0.29) is 22.8 Å². The topological polar surface area (TPSA) is 73.4 Å². The van der Waals surface area contributed by atoms with E-state index in [2.05, 4.69) is 34.7 Å². The van der Waals surface area contributed by atoms with Crippen LogP contribution in [0.25, 0.3) is 11.3 Å². The number of piperidine rings is 1. The second-order valence-corrected chi connectivity index (χ2v) is 8.42. The highest BCUT2D eigenvalue weighted by Gasteiger charge is 2.31. The number of aromatic nitrogens is 2. The Balaban J connectivity index is 1.56. The number of nitro benzene ring substituents is 1. The van der Waals surface area contributed by atoms with Gasteiger partial charge < -0.3 is 14.2 Å². The Kier molecular flexibility index (Phi) is 5.29. The van der Waals surface area contributed by atoms with Crippen LogP contribution in [-0.4, -0.2) is 45.6 Å². The van der Waals surface area contributed by atoms with Gasteiger partial charge in [-0.1, -0.05) is 36.4 Å². The van der Waals surface area contributed by atoms with E-state index in [4.69, 9.17) is 9.72 Å². The van der Waals surface area contributed by atoms with Crippen molar-refractivity contribution in [1.29, 1.82) is 0 Å². The van der Waals surface area contributed by atoms with E-state index >= 15 is 0 Å². The highest BCUT2D eigenvalue weighted by molar-refractivity contribution is 5.70. The summed E-state index contributed by atoms with van der Waals surface area (Å²) >= 11 is 0. The van der Waals surface area contributed by atoms with Crippen molar-refractivity contribution in [2.24, 2.45) is 0 Å². The molecule has 0 radical (unpaired) electrons. The van der Waals surface area contributed by atoms with E-state index in [1.54, 1.807) is 12.1 Å². The maximum Gasteiger partial charge on any atom is 0.278 e. The fraction of sp³-hybridized carbons (Fsp3) is 0.375. The predicted molar refractivity (Wildman–Crippen MR) is 118 cm³/mol. The second-order valence-electron chi connectivity index (χ2n) is 8.42. The Bertz CT molecular complexity index is 1100. The molecule has 3 aromatic rings. The Morgan fingerprint density at radius 3 is 2.61 bits per heavy atom. The lowest BCUT2D eigenvalue weighted by Crippen LogP contribution is -2.35. The van der Waals surface area contributed by atoms with Crippen LogP contribution >= 0.6 is 0 Å². The number of ether oxygens (including phenoxy) is 1. The monoisotopic (exact) mass is 418 g/mol. The molecule has 3 heterocycles. The molecule has 31 heavy (non-hydrogen) atoms. The summed E-state index contributed by atoms with van der Waals surface area (Å²) in [6.45, 7) is 2.82. The smallest absolute Gasteiger partial charge is 0.278 e. The molecule has 1 saturated heterocycles. The Hall–Kier alpha value is -3.03. The third kappa shape index (κ3) is 3.86. The van der Waals surface area contributed by atoms with Gasteiger partial charge >= 0.3 is 0 Å². The molecule has 7 heteroatoms.